The first kappa shape index (κ1) is 12.0. The van der Waals surface area contributed by atoms with Gasteiger partial charge in [0.25, 0.3) is 0 Å². The predicted molar refractivity (Wildman–Crippen MR) is 68.1 cm³/mol. The average Bonchev–Trinajstić information content (AvgIpc) is 2.78. The van der Waals surface area contributed by atoms with Gasteiger partial charge < -0.3 is 4.74 Å². The second-order valence-electron chi connectivity index (χ2n) is 5.06. The van der Waals surface area contributed by atoms with Crippen molar-refractivity contribution in [2.75, 3.05) is 6.61 Å². The lowest BCUT2D eigenvalue weighted by Gasteiger charge is -2.12. The molecule has 1 aromatic carbocycles. The average molecular weight is 229 g/mol. The quantitative estimate of drug-likeness (QED) is 0.792. The Bertz CT molecular complexity index is 443. The van der Waals surface area contributed by atoms with Crippen LogP contribution in [0, 0.1) is 17.2 Å². The van der Waals surface area contributed by atoms with Crippen molar-refractivity contribution in [3.05, 3.63) is 28.8 Å². The van der Waals surface area contributed by atoms with E-state index in [2.05, 4.69) is 19.9 Å². The van der Waals surface area contributed by atoms with Gasteiger partial charge in [0.2, 0.25) is 0 Å². The van der Waals surface area contributed by atoms with Crippen LogP contribution in [0.5, 0.6) is 5.75 Å². The molecule has 0 bridgehead atoms. The molecule has 0 aromatic heterocycles. The molecule has 17 heavy (non-hydrogen) atoms. The van der Waals surface area contributed by atoms with Crippen molar-refractivity contribution in [3.8, 4) is 11.8 Å². The zero-order valence-corrected chi connectivity index (χ0v) is 10.6. The van der Waals surface area contributed by atoms with Crippen LogP contribution in [0.2, 0.25) is 0 Å². The highest BCUT2D eigenvalue weighted by Gasteiger charge is 2.19. The lowest BCUT2D eigenvalue weighted by atomic mass is 10.0. The number of hydrogen-bond donors (Lipinski definition) is 0. The van der Waals surface area contributed by atoms with Crippen LogP contribution in [0.4, 0.5) is 0 Å². The van der Waals surface area contributed by atoms with Gasteiger partial charge in [-0.25, -0.2) is 0 Å². The summed E-state index contributed by atoms with van der Waals surface area (Å²) in [5.74, 6) is 1.67. The molecule has 2 rings (SSSR count). The van der Waals surface area contributed by atoms with E-state index < -0.39 is 0 Å². The minimum atomic E-state index is 0.668. The Morgan fingerprint density at radius 2 is 2.06 bits per heavy atom. The van der Waals surface area contributed by atoms with Gasteiger partial charge in [0, 0.05) is 0 Å². The topological polar surface area (TPSA) is 33.0 Å². The Morgan fingerprint density at radius 3 is 2.76 bits per heavy atom. The van der Waals surface area contributed by atoms with E-state index >= 15 is 0 Å². The molecule has 0 atom stereocenters. The molecule has 0 fully saturated rings. The summed E-state index contributed by atoms with van der Waals surface area (Å²) in [5.41, 5.74) is 3.32. The number of nitriles is 1. The maximum absolute atomic E-state index is 9.05. The highest BCUT2D eigenvalue weighted by atomic mass is 16.5. The van der Waals surface area contributed by atoms with E-state index in [0.29, 0.717) is 5.92 Å². The molecular formula is C15H19NO. The van der Waals surface area contributed by atoms with E-state index in [0.717, 1.165) is 43.6 Å². The second-order valence-corrected chi connectivity index (χ2v) is 5.06. The van der Waals surface area contributed by atoms with Crippen molar-refractivity contribution in [1.82, 2.24) is 0 Å². The fourth-order valence-electron chi connectivity index (χ4n) is 2.32. The summed E-state index contributed by atoms with van der Waals surface area (Å²) >= 11 is 0. The number of ether oxygens (including phenoxy) is 1. The summed E-state index contributed by atoms with van der Waals surface area (Å²) in [7, 11) is 0. The van der Waals surface area contributed by atoms with Gasteiger partial charge in [-0.1, -0.05) is 13.8 Å². The van der Waals surface area contributed by atoms with Gasteiger partial charge >= 0.3 is 0 Å². The molecule has 0 unspecified atom stereocenters. The second kappa shape index (κ2) is 5.23. The number of benzene rings is 1. The third kappa shape index (κ3) is 2.61. The van der Waals surface area contributed by atoms with Crippen molar-refractivity contribution < 1.29 is 4.74 Å². The first-order valence-electron chi connectivity index (χ1n) is 6.40. The van der Waals surface area contributed by atoms with Gasteiger partial charge in [-0.2, -0.15) is 5.26 Å². The number of fused-ring (bicyclic) bond motifs is 1. The molecule has 0 amide bonds. The standard InChI is InChI=1S/C15H19NO/c1-11(2)8-9-17-15-7-6-12(10-16)13-4-3-5-14(13)15/h6-7,11H,3-5,8-9H2,1-2H3. The number of hydrogen-bond acceptors (Lipinski definition) is 2. The molecule has 1 aromatic rings. The van der Waals surface area contributed by atoms with Crippen LogP contribution in [0.3, 0.4) is 0 Å². The van der Waals surface area contributed by atoms with E-state index in [-0.39, 0.29) is 0 Å². The maximum atomic E-state index is 9.05. The zero-order valence-electron chi connectivity index (χ0n) is 10.6. The monoisotopic (exact) mass is 229 g/mol. The van der Waals surface area contributed by atoms with Gasteiger partial charge in [-0.05, 0) is 54.9 Å². The van der Waals surface area contributed by atoms with E-state index in [1.54, 1.807) is 0 Å². The third-order valence-electron chi connectivity index (χ3n) is 3.31. The molecule has 0 aliphatic heterocycles. The van der Waals surface area contributed by atoms with Crippen LogP contribution in [-0.4, -0.2) is 6.61 Å². The fourth-order valence-corrected chi connectivity index (χ4v) is 2.32. The normalized spacial score (nSPS) is 13.5. The van der Waals surface area contributed by atoms with E-state index in [1.807, 2.05) is 12.1 Å². The molecule has 0 saturated heterocycles. The molecule has 2 nitrogen and oxygen atoms in total. The Labute approximate surface area is 103 Å². The van der Waals surface area contributed by atoms with Crippen LogP contribution in [-0.2, 0) is 12.8 Å². The Hall–Kier alpha value is -1.49. The first-order valence-corrected chi connectivity index (χ1v) is 6.40. The molecular weight excluding hydrogens is 210 g/mol. The van der Waals surface area contributed by atoms with Gasteiger partial charge in [0.15, 0.2) is 0 Å². The molecule has 90 valence electrons. The van der Waals surface area contributed by atoms with Crippen LogP contribution >= 0.6 is 0 Å². The minimum absolute atomic E-state index is 0.668. The molecule has 0 radical (unpaired) electrons. The van der Waals surface area contributed by atoms with Crippen LogP contribution < -0.4 is 4.74 Å². The lowest BCUT2D eigenvalue weighted by Crippen LogP contribution is -2.03. The summed E-state index contributed by atoms with van der Waals surface area (Å²) in [6, 6.07) is 6.13. The van der Waals surface area contributed by atoms with Crippen LogP contribution in [0.1, 0.15) is 43.4 Å². The molecule has 0 saturated carbocycles. The zero-order chi connectivity index (χ0) is 12.3. The van der Waals surface area contributed by atoms with Crippen molar-refractivity contribution in [3.63, 3.8) is 0 Å². The van der Waals surface area contributed by atoms with Gasteiger partial charge in [-0.3, -0.25) is 0 Å². The van der Waals surface area contributed by atoms with E-state index in [1.165, 1.54) is 11.1 Å². The minimum Gasteiger partial charge on any atom is -0.493 e. The predicted octanol–water partition coefficient (Wildman–Crippen LogP) is 3.47. The van der Waals surface area contributed by atoms with E-state index in [4.69, 9.17) is 10.00 Å². The lowest BCUT2D eigenvalue weighted by molar-refractivity contribution is 0.287. The Kier molecular flexibility index (Phi) is 3.68. The van der Waals surface area contributed by atoms with Gasteiger partial charge in [0.1, 0.15) is 5.75 Å². The van der Waals surface area contributed by atoms with Gasteiger partial charge in [-0.15, -0.1) is 0 Å². The summed E-state index contributed by atoms with van der Waals surface area (Å²) < 4.78 is 5.85. The van der Waals surface area contributed by atoms with Crippen molar-refractivity contribution >= 4 is 0 Å². The third-order valence-corrected chi connectivity index (χ3v) is 3.31. The SMILES string of the molecule is CC(C)CCOc1ccc(C#N)c2c1CCC2. The molecule has 0 N–H and O–H groups in total. The van der Waals surface area contributed by atoms with Crippen LogP contribution in [0.25, 0.3) is 0 Å². The largest absolute Gasteiger partial charge is 0.493 e. The van der Waals surface area contributed by atoms with Crippen LogP contribution in [0.15, 0.2) is 12.1 Å². The molecule has 0 spiro atoms. The van der Waals surface area contributed by atoms with E-state index in [9.17, 15) is 0 Å². The van der Waals surface area contributed by atoms with Crippen molar-refractivity contribution in [1.29, 1.82) is 5.26 Å². The number of rotatable bonds is 4. The van der Waals surface area contributed by atoms with Crippen molar-refractivity contribution in [2.45, 2.75) is 39.5 Å². The summed E-state index contributed by atoms with van der Waals surface area (Å²) in [6.07, 6.45) is 4.31. The smallest absolute Gasteiger partial charge is 0.122 e. The highest BCUT2D eigenvalue weighted by molar-refractivity contribution is 5.52. The molecule has 2 heteroatoms. The maximum Gasteiger partial charge on any atom is 0.122 e. The first-order chi connectivity index (χ1) is 8.22. The summed E-state index contributed by atoms with van der Waals surface area (Å²) in [6.45, 7) is 5.18. The molecule has 1 aliphatic rings. The summed E-state index contributed by atoms with van der Waals surface area (Å²) in [4.78, 5) is 0. The fraction of sp³-hybridized carbons (Fsp3) is 0.533. The Balaban J connectivity index is 2.14. The number of nitrogens with zero attached hydrogens (tertiary/aromatic N) is 1. The Morgan fingerprint density at radius 1 is 1.29 bits per heavy atom. The highest BCUT2D eigenvalue weighted by Crippen LogP contribution is 2.33. The van der Waals surface area contributed by atoms with Gasteiger partial charge in [0.05, 0.1) is 18.2 Å². The molecule has 0 heterocycles. The molecule has 1 aliphatic carbocycles. The van der Waals surface area contributed by atoms with Crippen molar-refractivity contribution in [2.24, 2.45) is 5.92 Å². The summed E-state index contributed by atoms with van der Waals surface area (Å²) in [5, 5.41) is 9.05.